The molecular weight excluding hydrogens is 344 g/mol. The number of aromatic nitrogens is 1. The maximum atomic E-state index is 12.7. The summed E-state index contributed by atoms with van der Waals surface area (Å²) in [5.74, 6) is 1.76. The summed E-state index contributed by atoms with van der Waals surface area (Å²) in [6.07, 6.45) is 3.63. The zero-order valence-corrected chi connectivity index (χ0v) is 15.5. The number of carbonyl (C=O) groups excluding carboxylic acids is 1. The Morgan fingerprint density at radius 1 is 1.30 bits per heavy atom. The Morgan fingerprint density at radius 3 is 2.96 bits per heavy atom. The Labute approximate surface area is 159 Å². The molecule has 0 radical (unpaired) electrons. The maximum absolute atomic E-state index is 12.7. The van der Waals surface area contributed by atoms with Gasteiger partial charge in [-0.1, -0.05) is 12.1 Å². The van der Waals surface area contributed by atoms with Crippen molar-refractivity contribution in [2.24, 2.45) is 5.92 Å². The second-order valence-corrected chi connectivity index (χ2v) is 7.10. The topological polar surface area (TPSA) is 60.9 Å². The number of carbonyl (C=O) groups is 1. The molecule has 1 aromatic heterocycles. The van der Waals surface area contributed by atoms with Crippen LogP contribution in [0.25, 0.3) is 0 Å². The highest BCUT2D eigenvalue weighted by Gasteiger charge is 2.54. The van der Waals surface area contributed by atoms with Crippen molar-refractivity contribution in [3.05, 3.63) is 54.2 Å². The number of benzene rings is 1. The Hall–Kier alpha value is -2.60. The van der Waals surface area contributed by atoms with Gasteiger partial charge in [-0.3, -0.25) is 4.79 Å². The van der Waals surface area contributed by atoms with E-state index < -0.39 is 0 Å². The fourth-order valence-corrected chi connectivity index (χ4v) is 3.96. The van der Waals surface area contributed by atoms with Crippen molar-refractivity contribution in [1.29, 1.82) is 0 Å². The number of ether oxygens (including phenoxy) is 3. The molecule has 1 spiro atoms. The van der Waals surface area contributed by atoms with E-state index in [1.165, 1.54) is 0 Å². The van der Waals surface area contributed by atoms with E-state index in [-0.39, 0.29) is 11.5 Å². The smallest absolute Gasteiger partial charge is 0.254 e. The molecule has 0 bridgehead atoms. The van der Waals surface area contributed by atoms with Gasteiger partial charge in [0.05, 0.1) is 26.8 Å². The molecule has 1 aromatic carbocycles. The molecule has 2 aromatic rings. The average molecular weight is 368 g/mol. The summed E-state index contributed by atoms with van der Waals surface area (Å²) in [4.78, 5) is 18.8. The first-order chi connectivity index (χ1) is 13.2. The van der Waals surface area contributed by atoms with Crippen LogP contribution in [0.1, 0.15) is 23.2 Å². The Kier molecular flexibility index (Phi) is 4.99. The number of nitrogens with zero attached hydrogens (tertiary/aromatic N) is 2. The second kappa shape index (κ2) is 7.56. The van der Waals surface area contributed by atoms with Crippen LogP contribution in [0.5, 0.6) is 11.6 Å². The van der Waals surface area contributed by atoms with E-state index in [0.717, 1.165) is 19.4 Å². The highest BCUT2D eigenvalue weighted by atomic mass is 16.5. The van der Waals surface area contributed by atoms with Crippen LogP contribution < -0.4 is 9.47 Å². The van der Waals surface area contributed by atoms with Gasteiger partial charge in [0.15, 0.2) is 0 Å². The minimum atomic E-state index is -0.220. The third kappa shape index (κ3) is 3.62. The monoisotopic (exact) mass is 368 g/mol. The number of likely N-dealkylation sites (tertiary alicyclic amines) is 1. The van der Waals surface area contributed by atoms with Crippen molar-refractivity contribution >= 4 is 5.91 Å². The molecule has 3 heterocycles. The number of methoxy groups -OCH3 is 1. The zero-order valence-electron chi connectivity index (χ0n) is 15.5. The first-order valence-corrected chi connectivity index (χ1v) is 9.31. The van der Waals surface area contributed by atoms with Crippen molar-refractivity contribution in [2.75, 3.05) is 33.4 Å². The Bertz CT molecular complexity index is 790. The SMILES string of the molecule is COc1cccc(C(=O)N2CC3(C2)OCC[C@@H]3CCOc2ccccn2)c1. The maximum Gasteiger partial charge on any atom is 0.254 e. The minimum Gasteiger partial charge on any atom is -0.497 e. The van der Waals surface area contributed by atoms with E-state index in [1.807, 2.05) is 41.3 Å². The van der Waals surface area contributed by atoms with Gasteiger partial charge in [-0.05, 0) is 43.0 Å². The Balaban J connectivity index is 1.32. The summed E-state index contributed by atoms with van der Waals surface area (Å²) >= 11 is 0. The summed E-state index contributed by atoms with van der Waals surface area (Å²) < 4.78 is 17.0. The number of hydrogen-bond donors (Lipinski definition) is 0. The van der Waals surface area contributed by atoms with Gasteiger partial charge in [0.25, 0.3) is 5.91 Å². The molecule has 0 aliphatic carbocycles. The molecule has 0 N–H and O–H groups in total. The van der Waals surface area contributed by atoms with Gasteiger partial charge in [0.1, 0.15) is 11.4 Å². The highest BCUT2D eigenvalue weighted by Crippen LogP contribution is 2.42. The molecular formula is C21H24N2O4. The normalized spacial score (nSPS) is 20.3. The van der Waals surface area contributed by atoms with Crippen LogP contribution >= 0.6 is 0 Å². The summed E-state index contributed by atoms with van der Waals surface area (Å²) in [6.45, 7) is 2.63. The van der Waals surface area contributed by atoms with Crippen LogP contribution in [0.2, 0.25) is 0 Å². The summed E-state index contributed by atoms with van der Waals surface area (Å²) in [6, 6.07) is 12.9. The van der Waals surface area contributed by atoms with E-state index in [9.17, 15) is 4.79 Å². The lowest BCUT2D eigenvalue weighted by Crippen LogP contribution is -2.66. The van der Waals surface area contributed by atoms with Crippen LogP contribution in [0.4, 0.5) is 0 Å². The zero-order chi connectivity index (χ0) is 18.7. The molecule has 142 valence electrons. The molecule has 0 unspecified atom stereocenters. The van der Waals surface area contributed by atoms with Crippen LogP contribution in [0.3, 0.4) is 0 Å². The molecule has 2 aliphatic rings. The van der Waals surface area contributed by atoms with Crippen molar-refractivity contribution in [3.8, 4) is 11.6 Å². The first-order valence-electron chi connectivity index (χ1n) is 9.31. The van der Waals surface area contributed by atoms with Gasteiger partial charge in [-0.15, -0.1) is 0 Å². The predicted octanol–water partition coefficient (Wildman–Crippen LogP) is 2.79. The number of rotatable bonds is 6. The van der Waals surface area contributed by atoms with Gasteiger partial charge in [-0.25, -0.2) is 4.98 Å². The molecule has 0 saturated carbocycles. The molecule has 1 atom stereocenters. The predicted molar refractivity (Wildman–Crippen MR) is 100 cm³/mol. The third-order valence-electron chi connectivity index (χ3n) is 5.47. The van der Waals surface area contributed by atoms with E-state index >= 15 is 0 Å². The van der Waals surface area contributed by atoms with Gasteiger partial charge < -0.3 is 19.1 Å². The van der Waals surface area contributed by atoms with Crippen LogP contribution in [0.15, 0.2) is 48.7 Å². The van der Waals surface area contributed by atoms with E-state index in [4.69, 9.17) is 14.2 Å². The Morgan fingerprint density at radius 2 is 2.19 bits per heavy atom. The van der Waals surface area contributed by atoms with Gasteiger partial charge >= 0.3 is 0 Å². The van der Waals surface area contributed by atoms with Gasteiger partial charge in [0, 0.05) is 24.4 Å². The van der Waals surface area contributed by atoms with Crippen LogP contribution in [0, 0.1) is 5.92 Å². The molecule has 1 amide bonds. The molecule has 2 aliphatic heterocycles. The number of amides is 1. The van der Waals surface area contributed by atoms with Gasteiger partial charge in [-0.2, -0.15) is 0 Å². The van der Waals surface area contributed by atoms with Crippen molar-refractivity contribution < 1.29 is 19.0 Å². The van der Waals surface area contributed by atoms with Crippen molar-refractivity contribution in [3.63, 3.8) is 0 Å². The second-order valence-electron chi connectivity index (χ2n) is 7.10. The first kappa shape index (κ1) is 17.8. The van der Waals surface area contributed by atoms with E-state index in [2.05, 4.69) is 4.98 Å². The average Bonchev–Trinajstić information content (AvgIpc) is 3.11. The van der Waals surface area contributed by atoms with E-state index in [0.29, 0.717) is 42.8 Å². The quantitative estimate of drug-likeness (QED) is 0.785. The molecule has 6 heteroatoms. The lowest BCUT2D eigenvalue weighted by Gasteiger charge is -2.50. The molecule has 2 fully saturated rings. The third-order valence-corrected chi connectivity index (χ3v) is 5.47. The summed E-state index contributed by atoms with van der Waals surface area (Å²) in [5, 5.41) is 0. The highest BCUT2D eigenvalue weighted by molar-refractivity contribution is 5.95. The van der Waals surface area contributed by atoms with Crippen molar-refractivity contribution in [1.82, 2.24) is 9.88 Å². The summed E-state index contributed by atoms with van der Waals surface area (Å²) in [5.41, 5.74) is 0.430. The fraction of sp³-hybridized carbons (Fsp3) is 0.429. The molecule has 4 rings (SSSR count). The van der Waals surface area contributed by atoms with Gasteiger partial charge in [0.2, 0.25) is 5.88 Å². The number of pyridine rings is 1. The molecule has 6 nitrogen and oxygen atoms in total. The summed E-state index contributed by atoms with van der Waals surface area (Å²) in [7, 11) is 1.60. The number of hydrogen-bond acceptors (Lipinski definition) is 5. The standard InChI is InChI=1S/C21H24N2O4/c1-25-18-6-4-5-16(13-18)20(24)23-14-21(15-23)17(9-12-27-21)8-11-26-19-7-2-3-10-22-19/h2-7,10,13,17H,8-9,11-12,14-15H2,1H3/t17-/m0/s1. The largest absolute Gasteiger partial charge is 0.497 e. The van der Waals surface area contributed by atoms with Crippen LogP contribution in [-0.4, -0.2) is 54.8 Å². The van der Waals surface area contributed by atoms with Crippen molar-refractivity contribution in [2.45, 2.75) is 18.4 Å². The lowest BCUT2D eigenvalue weighted by atomic mass is 9.79. The van der Waals surface area contributed by atoms with Crippen LogP contribution in [-0.2, 0) is 4.74 Å². The molecule has 2 saturated heterocycles. The minimum absolute atomic E-state index is 0.0264. The van der Waals surface area contributed by atoms with E-state index in [1.54, 1.807) is 19.4 Å². The fourth-order valence-electron chi connectivity index (χ4n) is 3.96. The molecule has 27 heavy (non-hydrogen) atoms. The lowest BCUT2D eigenvalue weighted by molar-refractivity contribution is -0.119.